The second-order valence-electron chi connectivity index (χ2n) is 8.17. The number of imidazole rings is 1. The van der Waals surface area contributed by atoms with Crippen LogP contribution in [0, 0.1) is 17.7 Å². The number of aromatic nitrogens is 2. The molecule has 3 aromatic rings. The first-order valence-corrected chi connectivity index (χ1v) is 11.0. The van der Waals surface area contributed by atoms with Gasteiger partial charge < -0.3 is 19.8 Å². The number of fused-ring (bicyclic) bond motifs is 1. The standard InChI is InChI=1S/C24H27FN4O3/c25-19-5-8-21(9-6-19)32-14-11-23(30)27-15-17-1-3-18(4-2-17)24(31)28-20-7-10-22-26-12-13-29(22)16-20/h5-10,12-13,16-18H,1-4,11,14-15H2,(H,27,30)(H,28,31). The van der Waals surface area contributed by atoms with Gasteiger partial charge in [-0.1, -0.05) is 0 Å². The molecule has 8 heteroatoms. The first kappa shape index (κ1) is 21.8. The van der Waals surface area contributed by atoms with Crippen molar-refractivity contribution in [1.82, 2.24) is 14.7 Å². The quantitative estimate of drug-likeness (QED) is 0.560. The predicted octanol–water partition coefficient (Wildman–Crippen LogP) is 3.80. The SMILES string of the molecule is O=C(CCOc1ccc(F)cc1)NCC1CCC(C(=O)Nc2ccc3nccn3c2)CC1. The van der Waals surface area contributed by atoms with Gasteiger partial charge in [-0.15, -0.1) is 0 Å². The van der Waals surface area contributed by atoms with Gasteiger partial charge in [-0.05, 0) is 68.0 Å². The van der Waals surface area contributed by atoms with Gasteiger partial charge in [-0.25, -0.2) is 9.37 Å². The van der Waals surface area contributed by atoms with Crippen LogP contribution in [0.1, 0.15) is 32.1 Å². The van der Waals surface area contributed by atoms with E-state index in [1.807, 2.05) is 28.9 Å². The molecule has 0 bridgehead atoms. The molecule has 0 unspecified atom stereocenters. The third kappa shape index (κ3) is 5.84. The molecule has 2 aromatic heterocycles. The Morgan fingerprint density at radius 2 is 1.88 bits per heavy atom. The summed E-state index contributed by atoms with van der Waals surface area (Å²) in [5, 5.41) is 5.96. The molecule has 1 aliphatic rings. The number of nitrogens with one attached hydrogen (secondary N) is 2. The minimum Gasteiger partial charge on any atom is -0.493 e. The van der Waals surface area contributed by atoms with Crippen molar-refractivity contribution in [1.29, 1.82) is 0 Å². The number of ether oxygens (including phenoxy) is 1. The van der Waals surface area contributed by atoms with E-state index in [2.05, 4.69) is 15.6 Å². The van der Waals surface area contributed by atoms with Crippen molar-refractivity contribution in [2.75, 3.05) is 18.5 Å². The third-order valence-corrected chi connectivity index (χ3v) is 5.87. The van der Waals surface area contributed by atoms with Crippen LogP contribution in [0.4, 0.5) is 10.1 Å². The molecule has 2 N–H and O–H groups in total. The van der Waals surface area contributed by atoms with Gasteiger partial charge in [0, 0.05) is 31.1 Å². The molecule has 1 aromatic carbocycles. The van der Waals surface area contributed by atoms with E-state index < -0.39 is 0 Å². The molecule has 0 saturated heterocycles. The zero-order valence-corrected chi connectivity index (χ0v) is 17.8. The maximum absolute atomic E-state index is 12.9. The largest absolute Gasteiger partial charge is 0.493 e. The molecular weight excluding hydrogens is 411 g/mol. The van der Waals surface area contributed by atoms with Crippen LogP contribution >= 0.6 is 0 Å². The fourth-order valence-corrected chi connectivity index (χ4v) is 4.01. The van der Waals surface area contributed by atoms with E-state index >= 15 is 0 Å². The first-order chi connectivity index (χ1) is 15.6. The number of amides is 2. The van der Waals surface area contributed by atoms with Gasteiger partial charge in [0.1, 0.15) is 17.2 Å². The Morgan fingerprint density at radius 3 is 2.66 bits per heavy atom. The van der Waals surface area contributed by atoms with Crippen LogP contribution in [-0.2, 0) is 9.59 Å². The van der Waals surface area contributed by atoms with Gasteiger partial charge in [0.25, 0.3) is 0 Å². The average Bonchev–Trinajstić information content (AvgIpc) is 3.27. The lowest BCUT2D eigenvalue weighted by Gasteiger charge is -2.28. The van der Waals surface area contributed by atoms with Crippen LogP contribution in [0.25, 0.3) is 5.65 Å². The summed E-state index contributed by atoms with van der Waals surface area (Å²) in [6.45, 7) is 0.857. The number of hydrogen-bond donors (Lipinski definition) is 2. The Labute approximate surface area is 186 Å². The Balaban J connectivity index is 1.13. The van der Waals surface area contributed by atoms with Crippen LogP contribution in [-0.4, -0.2) is 34.4 Å². The summed E-state index contributed by atoms with van der Waals surface area (Å²) in [5.41, 5.74) is 1.60. The van der Waals surface area contributed by atoms with E-state index in [-0.39, 0.29) is 36.6 Å². The third-order valence-electron chi connectivity index (χ3n) is 5.87. The fraction of sp³-hybridized carbons (Fsp3) is 0.375. The summed E-state index contributed by atoms with van der Waals surface area (Å²) in [7, 11) is 0. The predicted molar refractivity (Wildman–Crippen MR) is 119 cm³/mol. The number of halogens is 1. The van der Waals surface area contributed by atoms with E-state index in [4.69, 9.17) is 4.74 Å². The van der Waals surface area contributed by atoms with Gasteiger partial charge >= 0.3 is 0 Å². The lowest BCUT2D eigenvalue weighted by molar-refractivity contribution is -0.123. The molecule has 32 heavy (non-hydrogen) atoms. The average molecular weight is 439 g/mol. The summed E-state index contributed by atoms with van der Waals surface area (Å²) in [6, 6.07) is 9.46. The number of pyridine rings is 1. The second-order valence-corrected chi connectivity index (χ2v) is 8.17. The Morgan fingerprint density at radius 1 is 1.09 bits per heavy atom. The molecule has 168 valence electrons. The molecule has 2 amide bonds. The molecule has 4 rings (SSSR count). The number of benzene rings is 1. The summed E-state index contributed by atoms with van der Waals surface area (Å²) in [5.74, 6) is 0.568. The molecule has 1 fully saturated rings. The Bertz CT molecular complexity index is 1060. The zero-order valence-electron chi connectivity index (χ0n) is 17.8. The van der Waals surface area contributed by atoms with Crippen molar-refractivity contribution in [2.24, 2.45) is 11.8 Å². The highest BCUT2D eigenvalue weighted by atomic mass is 19.1. The highest BCUT2D eigenvalue weighted by Gasteiger charge is 2.26. The number of rotatable bonds is 8. The van der Waals surface area contributed by atoms with Crippen LogP contribution in [0.3, 0.4) is 0 Å². The Hall–Kier alpha value is -3.42. The van der Waals surface area contributed by atoms with Gasteiger partial charge in [0.2, 0.25) is 11.8 Å². The summed E-state index contributed by atoms with van der Waals surface area (Å²) in [6.07, 6.45) is 9.12. The monoisotopic (exact) mass is 438 g/mol. The Kier molecular flexibility index (Phi) is 6.99. The topological polar surface area (TPSA) is 84.7 Å². The molecule has 1 saturated carbocycles. The highest BCUT2D eigenvalue weighted by Crippen LogP contribution is 2.29. The maximum Gasteiger partial charge on any atom is 0.227 e. The minimum atomic E-state index is -0.321. The van der Waals surface area contributed by atoms with Crippen molar-refractivity contribution in [3.8, 4) is 5.75 Å². The maximum atomic E-state index is 12.9. The molecular formula is C24H27FN4O3. The van der Waals surface area contributed by atoms with Gasteiger partial charge in [0.15, 0.2) is 0 Å². The molecule has 7 nitrogen and oxygen atoms in total. The molecule has 1 aliphatic carbocycles. The number of anilines is 1. The van der Waals surface area contributed by atoms with Crippen molar-refractivity contribution >= 4 is 23.1 Å². The molecule has 0 spiro atoms. The fourth-order valence-electron chi connectivity index (χ4n) is 4.01. The van der Waals surface area contributed by atoms with Crippen molar-refractivity contribution in [2.45, 2.75) is 32.1 Å². The zero-order chi connectivity index (χ0) is 22.3. The van der Waals surface area contributed by atoms with E-state index in [9.17, 15) is 14.0 Å². The van der Waals surface area contributed by atoms with E-state index in [0.717, 1.165) is 37.0 Å². The van der Waals surface area contributed by atoms with Crippen molar-refractivity contribution in [3.05, 3.63) is 60.8 Å². The molecule has 2 heterocycles. The van der Waals surface area contributed by atoms with Crippen LogP contribution in [0.2, 0.25) is 0 Å². The molecule has 0 atom stereocenters. The minimum absolute atomic E-state index is 0.00968. The summed E-state index contributed by atoms with van der Waals surface area (Å²) >= 11 is 0. The molecule has 0 aliphatic heterocycles. The normalized spacial score (nSPS) is 18.3. The molecule has 0 radical (unpaired) electrons. The van der Waals surface area contributed by atoms with Crippen LogP contribution in [0.15, 0.2) is 55.0 Å². The summed E-state index contributed by atoms with van der Waals surface area (Å²) < 4.78 is 20.2. The number of carbonyl (C=O) groups excluding carboxylic acids is 2. The van der Waals surface area contributed by atoms with Crippen molar-refractivity contribution in [3.63, 3.8) is 0 Å². The van der Waals surface area contributed by atoms with E-state index in [1.165, 1.54) is 24.3 Å². The van der Waals surface area contributed by atoms with E-state index in [0.29, 0.717) is 18.2 Å². The van der Waals surface area contributed by atoms with Gasteiger partial charge in [0.05, 0.1) is 18.7 Å². The lowest BCUT2D eigenvalue weighted by atomic mass is 9.81. The summed E-state index contributed by atoms with van der Waals surface area (Å²) in [4.78, 5) is 28.9. The number of nitrogens with zero attached hydrogens (tertiary/aromatic N) is 2. The highest BCUT2D eigenvalue weighted by molar-refractivity contribution is 5.92. The van der Waals surface area contributed by atoms with Gasteiger partial charge in [-0.2, -0.15) is 0 Å². The number of hydrogen-bond acceptors (Lipinski definition) is 4. The van der Waals surface area contributed by atoms with E-state index in [1.54, 1.807) is 6.20 Å². The second kappa shape index (κ2) is 10.3. The lowest BCUT2D eigenvalue weighted by Crippen LogP contribution is -2.34. The van der Waals surface area contributed by atoms with Crippen LogP contribution in [0.5, 0.6) is 5.75 Å². The van der Waals surface area contributed by atoms with Crippen LogP contribution < -0.4 is 15.4 Å². The first-order valence-electron chi connectivity index (χ1n) is 11.0. The number of carbonyl (C=O) groups is 2. The van der Waals surface area contributed by atoms with Crippen molar-refractivity contribution < 1.29 is 18.7 Å². The van der Waals surface area contributed by atoms with Gasteiger partial charge in [-0.3, -0.25) is 9.59 Å². The smallest absolute Gasteiger partial charge is 0.227 e.